The fraction of sp³-hybridized carbons (Fsp3) is 0.600. The van der Waals surface area contributed by atoms with Gasteiger partial charge in [0.25, 0.3) is 0 Å². The van der Waals surface area contributed by atoms with Crippen molar-refractivity contribution in [3.63, 3.8) is 0 Å². The van der Waals surface area contributed by atoms with E-state index in [0.717, 1.165) is 43.4 Å². The molecule has 1 aromatic carbocycles. The zero-order valence-corrected chi connectivity index (χ0v) is 14.0. The summed E-state index contributed by atoms with van der Waals surface area (Å²) < 4.78 is 17.3. The molecule has 3 nitrogen and oxygen atoms in total. The van der Waals surface area contributed by atoms with E-state index in [-0.39, 0.29) is 11.9 Å². The van der Waals surface area contributed by atoms with Gasteiger partial charge in [-0.15, -0.1) is 0 Å². The van der Waals surface area contributed by atoms with Crippen molar-refractivity contribution in [3.05, 3.63) is 35.4 Å². The Balaban J connectivity index is 1.73. The summed E-state index contributed by atoms with van der Waals surface area (Å²) in [5, 5.41) is 0. The maximum Gasteiger partial charge on any atom is 0.159 e. The summed E-state index contributed by atoms with van der Waals surface area (Å²) >= 11 is 0. The molecule has 1 unspecified atom stereocenters. The molecule has 2 aliphatic rings. The Morgan fingerprint density at radius 3 is 2.83 bits per heavy atom. The lowest BCUT2D eigenvalue weighted by atomic mass is 10.0. The number of ether oxygens (including phenoxy) is 3. The van der Waals surface area contributed by atoms with Gasteiger partial charge in [0.2, 0.25) is 0 Å². The fourth-order valence-corrected chi connectivity index (χ4v) is 3.37. The highest BCUT2D eigenvalue weighted by molar-refractivity contribution is 5.39. The summed E-state index contributed by atoms with van der Waals surface area (Å²) in [6.45, 7) is 1.43. The number of hydrogen-bond acceptors (Lipinski definition) is 3. The lowest BCUT2D eigenvalue weighted by molar-refractivity contribution is -0.206. The Morgan fingerprint density at radius 2 is 2.09 bits per heavy atom. The minimum atomic E-state index is -0.320. The average molecular weight is 314 g/mol. The van der Waals surface area contributed by atoms with Crippen molar-refractivity contribution in [2.24, 2.45) is 0 Å². The summed E-state index contributed by atoms with van der Waals surface area (Å²) in [5.74, 6) is 6.76. The van der Waals surface area contributed by atoms with Gasteiger partial charge in [-0.25, -0.2) is 0 Å². The number of methoxy groups -OCH3 is 1. The Labute approximate surface area is 139 Å². The van der Waals surface area contributed by atoms with Crippen molar-refractivity contribution in [3.8, 4) is 11.8 Å². The standard InChI is InChI=1S/C20H26O3/c1-21-16-18-8-6-7-17(15-18)10-13-20(11-3-4-12-20)23-19-9-2-5-14-22-19/h6-8,15,19H,2-5,9,11-12,14,16H2,1H3. The van der Waals surface area contributed by atoms with E-state index in [9.17, 15) is 0 Å². The molecule has 1 aliphatic heterocycles. The maximum atomic E-state index is 6.32. The SMILES string of the molecule is COCc1cccc(C#CC2(OC3CCCCO3)CCCC2)c1. The molecule has 3 heteroatoms. The smallest absolute Gasteiger partial charge is 0.159 e. The topological polar surface area (TPSA) is 27.7 Å². The number of rotatable bonds is 4. The lowest BCUT2D eigenvalue weighted by Crippen LogP contribution is -2.35. The van der Waals surface area contributed by atoms with E-state index in [1.54, 1.807) is 7.11 Å². The van der Waals surface area contributed by atoms with E-state index in [0.29, 0.717) is 6.61 Å². The predicted octanol–water partition coefficient (Wildman–Crippen LogP) is 4.04. The predicted molar refractivity (Wildman–Crippen MR) is 89.9 cm³/mol. The molecular formula is C20H26O3. The first-order valence-electron chi connectivity index (χ1n) is 8.70. The summed E-state index contributed by atoms with van der Waals surface area (Å²) in [7, 11) is 1.71. The largest absolute Gasteiger partial charge is 0.380 e. The van der Waals surface area contributed by atoms with Crippen LogP contribution in [0.25, 0.3) is 0 Å². The molecule has 1 saturated heterocycles. The van der Waals surface area contributed by atoms with Crippen LogP contribution in [0.3, 0.4) is 0 Å². The van der Waals surface area contributed by atoms with Gasteiger partial charge in [-0.3, -0.25) is 0 Å². The highest BCUT2D eigenvalue weighted by Crippen LogP contribution is 2.35. The van der Waals surface area contributed by atoms with Crippen LogP contribution in [0, 0.1) is 11.8 Å². The third kappa shape index (κ3) is 4.57. The monoisotopic (exact) mass is 314 g/mol. The highest BCUT2D eigenvalue weighted by atomic mass is 16.7. The minimum Gasteiger partial charge on any atom is -0.380 e. The normalized spacial score (nSPS) is 23.3. The molecule has 23 heavy (non-hydrogen) atoms. The molecule has 1 atom stereocenters. The summed E-state index contributed by atoms with van der Waals surface area (Å²) in [6, 6.07) is 8.24. The van der Waals surface area contributed by atoms with Crippen molar-refractivity contribution in [2.75, 3.05) is 13.7 Å². The Kier molecular flexibility index (Phi) is 5.72. The van der Waals surface area contributed by atoms with Gasteiger partial charge >= 0.3 is 0 Å². The summed E-state index contributed by atoms with van der Waals surface area (Å²) in [6.07, 6.45) is 7.65. The lowest BCUT2D eigenvalue weighted by Gasteiger charge is -2.31. The molecule has 0 amide bonds. The van der Waals surface area contributed by atoms with E-state index in [1.807, 2.05) is 12.1 Å². The van der Waals surface area contributed by atoms with Crippen LogP contribution < -0.4 is 0 Å². The average Bonchev–Trinajstić information content (AvgIpc) is 3.04. The summed E-state index contributed by atoms with van der Waals surface area (Å²) in [4.78, 5) is 0. The highest BCUT2D eigenvalue weighted by Gasteiger charge is 2.36. The van der Waals surface area contributed by atoms with Gasteiger partial charge in [0.15, 0.2) is 6.29 Å². The Morgan fingerprint density at radius 1 is 1.22 bits per heavy atom. The molecule has 0 spiro atoms. The van der Waals surface area contributed by atoms with Crippen LogP contribution >= 0.6 is 0 Å². The molecule has 0 bridgehead atoms. The Bertz CT molecular complexity index is 558. The number of benzene rings is 1. The molecule has 1 heterocycles. The van der Waals surface area contributed by atoms with Crippen molar-refractivity contribution in [1.82, 2.24) is 0 Å². The van der Waals surface area contributed by atoms with Crippen molar-refractivity contribution < 1.29 is 14.2 Å². The molecule has 1 aliphatic carbocycles. The van der Waals surface area contributed by atoms with E-state index in [1.165, 1.54) is 19.3 Å². The van der Waals surface area contributed by atoms with Crippen molar-refractivity contribution in [1.29, 1.82) is 0 Å². The van der Waals surface area contributed by atoms with Crippen LogP contribution in [-0.2, 0) is 20.8 Å². The Hall–Kier alpha value is -1.34. The van der Waals surface area contributed by atoms with Gasteiger partial charge in [0.05, 0.1) is 6.61 Å². The van der Waals surface area contributed by atoms with Gasteiger partial charge in [-0.1, -0.05) is 24.0 Å². The van der Waals surface area contributed by atoms with Gasteiger partial charge in [0, 0.05) is 19.3 Å². The van der Waals surface area contributed by atoms with Gasteiger partial charge in [-0.05, 0) is 62.6 Å². The molecule has 1 aromatic rings. The van der Waals surface area contributed by atoms with E-state index in [2.05, 4.69) is 24.0 Å². The van der Waals surface area contributed by atoms with E-state index < -0.39 is 0 Å². The zero-order chi connectivity index (χ0) is 16.0. The van der Waals surface area contributed by atoms with Crippen LogP contribution in [0.15, 0.2) is 24.3 Å². The van der Waals surface area contributed by atoms with Crippen LogP contribution in [0.2, 0.25) is 0 Å². The van der Waals surface area contributed by atoms with Crippen LogP contribution in [0.5, 0.6) is 0 Å². The minimum absolute atomic E-state index is 0.0732. The van der Waals surface area contributed by atoms with Gasteiger partial charge in [0.1, 0.15) is 5.60 Å². The molecule has 0 aromatic heterocycles. The van der Waals surface area contributed by atoms with Gasteiger partial charge in [-0.2, -0.15) is 0 Å². The first kappa shape index (κ1) is 16.5. The molecule has 2 fully saturated rings. The van der Waals surface area contributed by atoms with Crippen molar-refractivity contribution in [2.45, 2.75) is 63.4 Å². The molecule has 1 saturated carbocycles. The van der Waals surface area contributed by atoms with Crippen LogP contribution in [0.4, 0.5) is 0 Å². The van der Waals surface area contributed by atoms with Gasteiger partial charge < -0.3 is 14.2 Å². The third-order valence-electron chi connectivity index (χ3n) is 4.58. The molecular weight excluding hydrogens is 288 g/mol. The zero-order valence-electron chi connectivity index (χ0n) is 14.0. The van der Waals surface area contributed by atoms with E-state index in [4.69, 9.17) is 14.2 Å². The maximum absolute atomic E-state index is 6.32. The second kappa shape index (κ2) is 7.97. The third-order valence-corrected chi connectivity index (χ3v) is 4.58. The molecule has 124 valence electrons. The van der Waals surface area contributed by atoms with Crippen LogP contribution in [-0.4, -0.2) is 25.6 Å². The van der Waals surface area contributed by atoms with Crippen molar-refractivity contribution >= 4 is 0 Å². The number of hydrogen-bond donors (Lipinski definition) is 0. The first-order chi connectivity index (χ1) is 11.3. The fourth-order valence-electron chi connectivity index (χ4n) is 3.37. The summed E-state index contributed by atoms with van der Waals surface area (Å²) in [5.41, 5.74) is 1.86. The molecule has 3 rings (SSSR count). The first-order valence-corrected chi connectivity index (χ1v) is 8.70. The second-order valence-corrected chi connectivity index (χ2v) is 6.50. The molecule has 0 radical (unpaired) electrons. The van der Waals surface area contributed by atoms with E-state index >= 15 is 0 Å². The quantitative estimate of drug-likeness (QED) is 0.785. The van der Waals surface area contributed by atoms with Crippen LogP contribution in [0.1, 0.15) is 56.1 Å². The molecule has 0 N–H and O–H groups in total. The second-order valence-electron chi connectivity index (χ2n) is 6.50.